The minimum Gasteiger partial charge on any atom is -0.456 e. The Hall–Kier alpha value is -0.770. The summed E-state index contributed by atoms with van der Waals surface area (Å²) in [5.41, 5.74) is 0. The summed E-state index contributed by atoms with van der Waals surface area (Å²) in [5.74, 6) is 1.49. The molecule has 1 aromatic heterocycles. The first-order valence-corrected chi connectivity index (χ1v) is 6.66. The summed E-state index contributed by atoms with van der Waals surface area (Å²) < 4.78 is 5.39. The second-order valence-electron chi connectivity index (χ2n) is 4.01. The third-order valence-corrected chi connectivity index (χ3v) is 3.71. The van der Waals surface area contributed by atoms with E-state index in [1.54, 1.807) is 6.07 Å². The van der Waals surface area contributed by atoms with Crippen LogP contribution in [0.1, 0.15) is 37.1 Å². The Morgan fingerprint density at radius 3 is 2.69 bits per heavy atom. The molecule has 3 nitrogen and oxygen atoms in total. The zero-order chi connectivity index (χ0) is 12.1. The van der Waals surface area contributed by atoms with E-state index in [4.69, 9.17) is 4.42 Å². The number of carbonyl (C=O) groups is 1. The zero-order valence-electron chi connectivity index (χ0n) is 9.92. The van der Waals surface area contributed by atoms with Crippen LogP contribution < -0.4 is 5.32 Å². The Morgan fingerprint density at radius 2 is 2.19 bits per heavy atom. The molecule has 1 heterocycles. The first kappa shape index (κ1) is 13.3. The molecule has 0 radical (unpaired) electrons. The van der Waals surface area contributed by atoms with Gasteiger partial charge in [-0.1, -0.05) is 29.8 Å². The number of halogens is 1. The number of amides is 1. The molecule has 0 aliphatic rings. The molecule has 0 aromatic carbocycles. The van der Waals surface area contributed by atoms with Gasteiger partial charge in [0.2, 0.25) is 0 Å². The van der Waals surface area contributed by atoms with E-state index in [9.17, 15) is 4.79 Å². The molecule has 90 valence electrons. The van der Waals surface area contributed by atoms with Crippen LogP contribution in [0.2, 0.25) is 0 Å². The molecule has 1 rings (SSSR count). The fourth-order valence-electron chi connectivity index (χ4n) is 1.24. The minimum absolute atomic E-state index is 0.127. The summed E-state index contributed by atoms with van der Waals surface area (Å²) in [6, 6.07) is 3.69. The molecule has 1 N–H and O–H groups in total. The van der Waals surface area contributed by atoms with Crippen LogP contribution >= 0.6 is 15.9 Å². The predicted molar refractivity (Wildman–Crippen MR) is 68.0 cm³/mol. The topological polar surface area (TPSA) is 42.2 Å². The van der Waals surface area contributed by atoms with Crippen molar-refractivity contribution in [1.29, 1.82) is 0 Å². The summed E-state index contributed by atoms with van der Waals surface area (Å²) in [5, 5.41) is 3.79. The largest absolute Gasteiger partial charge is 0.456 e. The van der Waals surface area contributed by atoms with Crippen molar-refractivity contribution in [2.24, 2.45) is 5.92 Å². The Labute approximate surface area is 105 Å². The van der Waals surface area contributed by atoms with Crippen molar-refractivity contribution >= 4 is 21.8 Å². The number of alkyl halides is 1. The van der Waals surface area contributed by atoms with Gasteiger partial charge in [-0.3, -0.25) is 4.79 Å². The summed E-state index contributed by atoms with van der Waals surface area (Å²) >= 11 is 3.40. The van der Waals surface area contributed by atoms with Crippen molar-refractivity contribution < 1.29 is 9.21 Å². The molecule has 0 saturated heterocycles. The van der Waals surface area contributed by atoms with Crippen molar-refractivity contribution in [2.45, 2.75) is 33.2 Å². The highest BCUT2D eigenvalue weighted by Crippen LogP contribution is 2.10. The fourth-order valence-corrected chi connectivity index (χ4v) is 1.80. The molecular weight excluding hydrogens is 270 g/mol. The standard InChI is InChI=1S/C12H18BrNO2/c1-4-10-5-6-11(16-10)12(15)14-9(3)8(2)7-13/h5-6,8-9H,4,7H2,1-3H3,(H,14,15). The summed E-state index contributed by atoms with van der Waals surface area (Å²) in [4.78, 5) is 11.8. The lowest BCUT2D eigenvalue weighted by Gasteiger charge is -2.18. The number of nitrogens with one attached hydrogen (secondary N) is 1. The second kappa shape index (κ2) is 6.09. The zero-order valence-corrected chi connectivity index (χ0v) is 11.5. The van der Waals surface area contributed by atoms with E-state index in [-0.39, 0.29) is 11.9 Å². The van der Waals surface area contributed by atoms with Gasteiger partial charge >= 0.3 is 0 Å². The summed E-state index contributed by atoms with van der Waals surface area (Å²) in [6.07, 6.45) is 0.806. The van der Waals surface area contributed by atoms with Crippen LogP contribution in [0, 0.1) is 5.92 Å². The van der Waals surface area contributed by atoms with Crippen molar-refractivity contribution in [2.75, 3.05) is 5.33 Å². The Balaban J connectivity index is 2.58. The quantitative estimate of drug-likeness (QED) is 0.846. The fraction of sp³-hybridized carbons (Fsp3) is 0.583. The molecule has 0 fully saturated rings. The summed E-state index contributed by atoms with van der Waals surface area (Å²) in [7, 11) is 0. The van der Waals surface area contributed by atoms with Crippen molar-refractivity contribution in [3.05, 3.63) is 23.7 Å². The lowest BCUT2D eigenvalue weighted by atomic mass is 10.1. The molecule has 2 unspecified atom stereocenters. The van der Waals surface area contributed by atoms with E-state index in [2.05, 4.69) is 28.2 Å². The van der Waals surface area contributed by atoms with Gasteiger partial charge < -0.3 is 9.73 Å². The van der Waals surface area contributed by atoms with Crippen molar-refractivity contribution in [3.8, 4) is 0 Å². The third kappa shape index (κ3) is 3.37. The number of furan rings is 1. The van der Waals surface area contributed by atoms with E-state index >= 15 is 0 Å². The van der Waals surface area contributed by atoms with Gasteiger partial charge in [-0.25, -0.2) is 0 Å². The highest BCUT2D eigenvalue weighted by molar-refractivity contribution is 9.09. The highest BCUT2D eigenvalue weighted by Gasteiger charge is 2.17. The van der Waals surface area contributed by atoms with Gasteiger partial charge in [0.1, 0.15) is 5.76 Å². The molecule has 0 bridgehead atoms. The highest BCUT2D eigenvalue weighted by atomic mass is 79.9. The van der Waals surface area contributed by atoms with Crippen LogP contribution in [0.25, 0.3) is 0 Å². The minimum atomic E-state index is -0.139. The average molecular weight is 288 g/mol. The van der Waals surface area contributed by atoms with Gasteiger partial charge in [0.15, 0.2) is 5.76 Å². The van der Waals surface area contributed by atoms with Crippen LogP contribution in [-0.4, -0.2) is 17.3 Å². The van der Waals surface area contributed by atoms with E-state index in [1.165, 1.54) is 0 Å². The molecule has 0 aliphatic carbocycles. The lowest BCUT2D eigenvalue weighted by Crippen LogP contribution is -2.37. The predicted octanol–water partition coefficient (Wildman–Crippen LogP) is 2.99. The van der Waals surface area contributed by atoms with E-state index in [0.717, 1.165) is 17.5 Å². The molecule has 2 atom stereocenters. The Kier molecular flexibility index (Phi) is 5.06. The van der Waals surface area contributed by atoms with Gasteiger partial charge in [-0.05, 0) is 25.0 Å². The van der Waals surface area contributed by atoms with E-state index in [0.29, 0.717) is 11.7 Å². The number of rotatable bonds is 5. The van der Waals surface area contributed by atoms with Crippen molar-refractivity contribution in [1.82, 2.24) is 5.32 Å². The van der Waals surface area contributed by atoms with Crippen LogP contribution in [0.15, 0.2) is 16.5 Å². The molecule has 0 aliphatic heterocycles. The van der Waals surface area contributed by atoms with Crippen LogP contribution in [0.5, 0.6) is 0 Å². The third-order valence-electron chi connectivity index (χ3n) is 2.69. The van der Waals surface area contributed by atoms with Gasteiger partial charge in [-0.2, -0.15) is 0 Å². The molecule has 1 aromatic rings. The molecule has 16 heavy (non-hydrogen) atoms. The van der Waals surface area contributed by atoms with Crippen LogP contribution in [0.4, 0.5) is 0 Å². The van der Waals surface area contributed by atoms with Gasteiger partial charge in [0, 0.05) is 17.8 Å². The van der Waals surface area contributed by atoms with E-state index in [1.807, 2.05) is 19.9 Å². The average Bonchev–Trinajstić information content (AvgIpc) is 2.76. The van der Waals surface area contributed by atoms with Crippen molar-refractivity contribution in [3.63, 3.8) is 0 Å². The normalized spacial score (nSPS) is 14.5. The molecule has 1 amide bonds. The molecule has 0 saturated carbocycles. The van der Waals surface area contributed by atoms with Gasteiger partial charge in [-0.15, -0.1) is 0 Å². The monoisotopic (exact) mass is 287 g/mol. The van der Waals surface area contributed by atoms with Gasteiger partial charge in [0.05, 0.1) is 0 Å². The maximum atomic E-state index is 11.8. The SMILES string of the molecule is CCc1ccc(C(=O)NC(C)C(C)CBr)o1. The maximum Gasteiger partial charge on any atom is 0.287 e. The molecule has 4 heteroatoms. The number of carbonyl (C=O) groups excluding carboxylic acids is 1. The van der Waals surface area contributed by atoms with Crippen LogP contribution in [0.3, 0.4) is 0 Å². The smallest absolute Gasteiger partial charge is 0.287 e. The lowest BCUT2D eigenvalue weighted by molar-refractivity contribution is 0.0901. The Morgan fingerprint density at radius 1 is 1.50 bits per heavy atom. The number of hydrogen-bond donors (Lipinski definition) is 1. The second-order valence-corrected chi connectivity index (χ2v) is 4.66. The number of aryl methyl sites for hydroxylation is 1. The van der Waals surface area contributed by atoms with Gasteiger partial charge in [0.25, 0.3) is 5.91 Å². The summed E-state index contributed by atoms with van der Waals surface area (Å²) in [6.45, 7) is 6.07. The number of hydrogen-bond acceptors (Lipinski definition) is 2. The van der Waals surface area contributed by atoms with Crippen LogP contribution in [-0.2, 0) is 6.42 Å². The molecular formula is C12H18BrNO2. The maximum absolute atomic E-state index is 11.8. The molecule has 0 spiro atoms. The first-order valence-electron chi connectivity index (χ1n) is 5.54. The Bertz CT molecular complexity index is 349. The first-order chi connectivity index (χ1) is 7.58. The van der Waals surface area contributed by atoms with E-state index < -0.39 is 0 Å².